The lowest BCUT2D eigenvalue weighted by Crippen LogP contribution is -2.48. The lowest BCUT2D eigenvalue weighted by molar-refractivity contribution is 0.0751. The Balaban J connectivity index is 1.30. The maximum Gasteiger partial charge on any atom is 0.264 e. The molecule has 2 saturated heterocycles. The first-order chi connectivity index (χ1) is 17.7. The molecule has 2 aromatic heterocycles. The first-order valence-electron chi connectivity index (χ1n) is 12.2. The second kappa shape index (κ2) is 9.75. The number of anilines is 2. The van der Waals surface area contributed by atoms with Crippen LogP contribution in [0.5, 0.6) is 5.75 Å². The largest absolute Gasteiger partial charge is 0.508 e. The van der Waals surface area contributed by atoms with E-state index in [0.717, 1.165) is 47.8 Å². The summed E-state index contributed by atoms with van der Waals surface area (Å²) in [4.78, 5) is 30.3. The highest BCUT2D eigenvalue weighted by Crippen LogP contribution is 2.35. The second-order valence-electron chi connectivity index (χ2n) is 8.96. The van der Waals surface area contributed by atoms with Crippen molar-refractivity contribution in [3.8, 4) is 17.1 Å². The van der Waals surface area contributed by atoms with E-state index < -0.39 is 0 Å². The summed E-state index contributed by atoms with van der Waals surface area (Å²) in [7, 11) is 0. The van der Waals surface area contributed by atoms with Crippen molar-refractivity contribution in [2.45, 2.75) is 0 Å². The molecule has 8 nitrogen and oxygen atoms in total. The van der Waals surface area contributed by atoms with Gasteiger partial charge in [0, 0.05) is 50.5 Å². The summed E-state index contributed by atoms with van der Waals surface area (Å²) in [5, 5.41) is 9.98. The third-order valence-corrected chi connectivity index (χ3v) is 7.78. The number of carbonyl (C=O) groups is 1. The highest BCUT2D eigenvalue weighted by Gasteiger charge is 2.26. The van der Waals surface area contributed by atoms with E-state index in [9.17, 15) is 9.90 Å². The van der Waals surface area contributed by atoms with E-state index >= 15 is 0 Å². The topological polar surface area (TPSA) is 82.0 Å². The van der Waals surface area contributed by atoms with Crippen molar-refractivity contribution in [1.82, 2.24) is 14.9 Å². The van der Waals surface area contributed by atoms with Gasteiger partial charge in [0.2, 0.25) is 0 Å². The van der Waals surface area contributed by atoms with Gasteiger partial charge in [-0.2, -0.15) is 0 Å². The molecule has 0 radical (unpaired) electrons. The van der Waals surface area contributed by atoms with Crippen molar-refractivity contribution in [3.05, 3.63) is 65.5 Å². The Morgan fingerprint density at radius 1 is 0.861 bits per heavy atom. The summed E-state index contributed by atoms with van der Waals surface area (Å²) < 4.78 is 6.46. The van der Waals surface area contributed by atoms with Gasteiger partial charge < -0.3 is 24.5 Å². The second-order valence-corrected chi connectivity index (χ2v) is 10.0. The Labute approximate surface area is 213 Å². The molecule has 0 atom stereocenters. The number of hydrogen-bond donors (Lipinski definition) is 1. The van der Waals surface area contributed by atoms with Crippen molar-refractivity contribution in [2.24, 2.45) is 0 Å². The number of fused-ring (bicyclic) bond motifs is 1. The molecule has 9 heteroatoms. The molecule has 4 aromatic rings. The molecule has 0 saturated carbocycles. The van der Waals surface area contributed by atoms with Crippen molar-refractivity contribution < 1.29 is 14.6 Å². The smallest absolute Gasteiger partial charge is 0.264 e. The lowest BCUT2D eigenvalue weighted by Gasteiger charge is -2.35. The number of piperazine rings is 1. The number of aromatic nitrogens is 2. The number of morpholine rings is 1. The summed E-state index contributed by atoms with van der Waals surface area (Å²) in [6.07, 6.45) is 0. The Bertz CT molecular complexity index is 1380. The minimum Gasteiger partial charge on any atom is -0.508 e. The fourth-order valence-corrected chi connectivity index (χ4v) is 5.83. The molecule has 2 aliphatic rings. The van der Waals surface area contributed by atoms with Crippen LogP contribution < -0.4 is 9.80 Å². The molecule has 1 amide bonds. The van der Waals surface area contributed by atoms with Crippen molar-refractivity contribution in [2.75, 3.05) is 62.3 Å². The van der Waals surface area contributed by atoms with Crippen molar-refractivity contribution in [1.29, 1.82) is 0 Å². The molecule has 1 N–H and O–H groups in total. The summed E-state index contributed by atoms with van der Waals surface area (Å²) in [5.74, 6) is 1.56. The predicted molar refractivity (Wildman–Crippen MR) is 142 cm³/mol. The van der Waals surface area contributed by atoms with E-state index in [1.165, 1.54) is 17.0 Å². The number of phenols is 1. The van der Waals surface area contributed by atoms with Crippen molar-refractivity contribution in [3.63, 3.8) is 0 Å². The van der Waals surface area contributed by atoms with Gasteiger partial charge in [-0.1, -0.05) is 30.3 Å². The van der Waals surface area contributed by atoms with Crippen LogP contribution in [-0.2, 0) is 4.74 Å². The molecule has 0 spiro atoms. The monoisotopic (exact) mass is 501 g/mol. The van der Waals surface area contributed by atoms with E-state index in [1.54, 1.807) is 18.2 Å². The number of rotatable bonds is 4. The first kappa shape index (κ1) is 22.8. The number of phenolic OH excluding ortho intramolecular Hbond substituents is 1. The van der Waals surface area contributed by atoms with Crippen LogP contribution in [0.3, 0.4) is 0 Å². The molecule has 36 heavy (non-hydrogen) atoms. The summed E-state index contributed by atoms with van der Waals surface area (Å²) in [6.45, 7) is 5.70. The number of ether oxygens (including phenoxy) is 1. The van der Waals surface area contributed by atoms with Gasteiger partial charge in [0.1, 0.15) is 5.75 Å². The number of para-hydroxylation sites is 1. The molecule has 0 bridgehead atoms. The number of hydrogen-bond acceptors (Lipinski definition) is 8. The van der Waals surface area contributed by atoms with E-state index in [2.05, 4.69) is 21.9 Å². The van der Waals surface area contributed by atoms with E-state index in [1.807, 2.05) is 35.2 Å². The average Bonchev–Trinajstić information content (AvgIpc) is 3.37. The zero-order valence-corrected chi connectivity index (χ0v) is 20.7. The molecule has 0 unspecified atom stereocenters. The molecular weight excluding hydrogens is 474 g/mol. The SMILES string of the molecule is O=C(c1cc2nc(-c3cccc(O)c3)nc(N3CCOCC3)c2s1)N1CCN(c2ccccc2)CC1. The molecule has 2 aliphatic heterocycles. The molecule has 2 aromatic carbocycles. The summed E-state index contributed by atoms with van der Waals surface area (Å²) >= 11 is 1.46. The number of benzene rings is 2. The maximum absolute atomic E-state index is 13.5. The fraction of sp³-hybridized carbons (Fsp3) is 0.296. The number of thiophene rings is 1. The quantitative estimate of drug-likeness (QED) is 0.455. The van der Waals surface area contributed by atoms with Gasteiger partial charge in [-0.05, 0) is 30.3 Å². The number of aromatic hydroxyl groups is 1. The highest BCUT2D eigenvalue weighted by atomic mass is 32.1. The zero-order valence-electron chi connectivity index (χ0n) is 19.8. The van der Waals surface area contributed by atoms with Gasteiger partial charge in [-0.15, -0.1) is 11.3 Å². The van der Waals surface area contributed by atoms with Gasteiger partial charge in [0.25, 0.3) is 5.91 Å². The number of nitrogens with zero attached hydrogens (tertiary/aromatic N) is 5. The van der Waals surface area contributed by atoms with Crippen LogP contribution in [0, 0.1) is 0 Å². The minimum atomic E-state index is 0.0394. The molecule has 6 rings (SSSR count). The first-order valence-corrected chi connectivity index (χ1v) is 13.0. The Hall–Kier alpha value is -3.69. The maximum atomic E-state index is 13.5. The molecular formula is C27H27N5O3S. The molecule has 2 fully saturated rings. The van der Waals surface area contributed by atoms with Crippen LogP contribution in [0.2, 0.25) is 0 Å². The van der Waals surface area contributed by atoms with Crippen LogP contribution in [0.15, 0.2) is 60.7 Å². The van der Waals surface area contributed by atoms with Gasteiger partial charge in [0.15, 0.2) is 11.6 Å². The molecule has 4 heterocycles. The third-order valence-electron chi connectivity index (χ3n) is 6.67. The normalized spacial score (nSPS) is 16.5. The standard InChI is InChI=1S/C27H27N5O3S/c33-21-8-4-5-19(17-21)25-28-22-18-23(36-24(22)26(29-25)31-13-15-35-16-14-31)27(34)32-11-9-30(10-12-32)20-6-2-1-3-7-20/h1-8,17-18,33H,9-16H2. The van der Waals surface area contributed by atoms with Crippen LogP contribution >= 0.6 is 11.3 Å². The van der Waals surface area contributed by atoms with Crippen LogP contribution in [0.1, 0.15) is 9.67 Å². The number of carbonyl (C=O) groups excluding carboxylic acids is 1. The minimum absolute atomic E-state index is 0.0394. The summed E-state index contributed by atoms with van der Waals surface area (Å²) in [6, 6.07) is 19.2. The Morgan fingerprint density at radius 3 is 2.39 bits per heavy atom. The predicted octanol–water partition coefficient (Wildman–Crippen LogP) is 3.86. The number of amides is 1. The van der Waals surface area contributed by atoms with E-state index in [-0.39, 0.29) is 11.7 Å². The Morgan fingerprint density at radius 2 is 1.64 bits per heavy atom. The van der Waals surface area contributed by atoms with Crippen LogP contribution in [-0.4, -0.2) is 78.4 Å². The van der Waals surface area contributed by atoms with Gasteiger partial charge in [-0.25, -0.2) is 9.97 Å². The van der Waals surface area contributed by atoms with Gasteiger partial charge in [0.05, 0.1) is 28.3 Å². The van der Waals surface area contributed by atoms with Gasteiger partial charge in [-0.3, -0.25) is 4.79 Å². The Kier molecular flexibility index (Phi) is 6.16. The van der Waals surface area contributed by atoms with Gasteiger partial charge >= 0.3 is 0 Å². The lowest BCUT2D eigenvalue weighted by atomic mass is 10.2. The molecule has 184 valence electrons. The van der Waals surface area contributed by atoms with E-state index in [0.29, 0.717) is 37.0 Å². The van der Waals surface area contributed by atoms with Crippen LogP contribution in [0.4, 0.5) is 11.5 Å². The molecule has 0 aliphatic carbocycles. The zero-order chi connectivity index (χ0) is 24.5. The van der Waals surface area contributed by atoms with E-state index in [4.69, 9.17) is 14.7 Å². The summed E-state index contributed by atoms with van der Waals surface area (Å²) in [5.41, 5.74) is 2.68. The highest BCUT2D eigenvalue weighted by molar-refractivity contribution is 7.21. The fourth-order valence-electron chi connectivity index (χ4n) is 4.75. The van der Waals surface area contributed by atoms with Crippen molar-refractivity contribution >= 4 is 39.0 Å². The average molecular weight is 502 g/mol. The third kappa shape index (κ3) is 4.47. The van der Waals surface area contributed by atoms with Crippen LogP contribution in [0.25, 0.3) is 21.6 Å².